The van der Waals surface area contributed by atoms with Gasteiger partial charge in [0, 0.05) is 22.9 Å². The van der Waals surface area contributed by atoms with Crippen molar-refractivity contribution in [3.05, 3.63) is 69.8 Å². The highest BCUT2D eigenvalue weighted by Crippen LogP contribution is 2.19. The summed E-state index contributed by atoms with van der Waals surface area (Å²) in [6.45, 7) is -1.44. The van der Waals surface area contributed by atoms with E-state index in [2.05, 4.69) is 5.32 Å². The number of carbonyl (C=O) groups excluding carboxylic acids is 2. The number of halogens is 3. The Morgan fingerprint density at radius 1 is 1.04 bits per heavy atom. The summed E-state index contributed by atoms with van der Waals surface area (Å²) < 4.78 is 36.3. The van der Waals surface area contributed by atoms with Gasteiger partial charge in [-0.25, -0.2) is 0 Å². The van der Waals surface area contributed by atoms with Crippen LogP contribution in [0, 0.1) is 10.1 Å². The summed E-state index contributed by atoms with van der Waals surface area (Å²) in [6, 6.07) is 11.0. The number of alkyl halides is 3. The molecule has 2 N–H and O–H groups in total. The van der Waals surface area contributed by atoms with Gasteiger partial charge in [-0.3, -0.25) is 19.7 Å². The molecule has 0 atom stereocenters. The van der Waals surface area contributed by atoms with Crippen LogP contribution < -0.4 is 10.6 Å². The Kier molecular flexibility index (Phi) is 6.11. The molecule has 0 saturated heterocycles. The first-order valence-electron chi connectivity index (χ1n) is 7.63. The number of nitrogens with zero attached hydrogens (tertiary/aromatic N) is 1. The minimum atomic E-state index is -4.51. The van der Waals surface area contributed by atoms with Gasteiger partial charge >= 0.3 is 6.18 Å². The first kappa shape index (κ1) is 19.9. The molecule has 10 heteroatoms. The van der Waals surface area contributed by atoms with Gasteiger partial charge in [-0.15, -0.1) is 0 Å². The zero-order chi connectivity index (χ0) is 20.0. The molecule has 0 aliphatic carbocycles. The van der Waals surface area contributed by atoms with E-state index in [0.29, 0.717) is 5.69 Å². The molecule has 0 fully saturated rings. The van der Waals surface area contributed by atoms with Crippen LogP contribution >= 0.6 is 0 Å². The Bertz CT molecular complexity index is 851. The highest BCUT2D eigenvalue weighted by molar-refractivity contribution is 5.96. The maximum absolute atomic E-state index is 12.1. The molecule has 0 aliphatic rings. The van der Waals surface area contributed by atoms with Crippen molar-refractivity contribution in [1.82, 2.24) is 5.32 Å². The zero-order valence-corrected chi connectivity index (χ0v) is 13.7. The SMILES string of the molecule is O=C(Cc1ccccc1[N+](=O)[O-])Nc1ccc(C(=O)NCC(F)(F)F)cc1. The number of carbonyl (C=O) groups is 2. The summed E-state index contributed by atoms with van der Waals surface area (Å²) >= 11 is 0. The first-order chi connectivity index (χ1) is 12.7. The first-order valence-corrected chi connectivity index (χ1v) is 7.63. The molecule has 0 spiro atoms. The summed E-state index contributed by atoms with van der Waals surface area (Å²) in [5, 5.41) is 15.2. The van der Waals surface area contributed by atoms with Crippen molar-refractivity contribution in [2.24, 2.45) is 0 Å². The number of anilines is 1. The molecule has 7 nitrogen and oxygen atoms in total. The summed E-state index contributed by atoms with van der Waals surface area (Å²) in [5.41, 5.74) is 0.356. The van der Waals surface area contributed by atoms with Gasteiger partial charge in [0.05, 0.1) is 11.3 Å². The fourth-order valence-electron chi connectivity index (χ4n) is 2.20. The van der Waals surface area contributed by atoms with Crippen LogP contribution in [0.5, 0.6) is 0 Å². The van der Waals surface area contributed by atoms with Gasteiger partial charge in [-0.05, 0) is 24.3 Å². The number of para-hydroxylation sites is 1. The third-order valence-electron chi connectivity index (χ3n) is 3.42. The van der Waals surface area contributed by atoms with Crippen LogP contribution in [0.2, 0.25) is 0 Å². The van der Waals surface area contributed by atoms with E-state index in [0.717, 1.165) is 0 Å². The predicted octanol–water partition coefficient (Wildman–Crippen LogP) is 3.07. The maximum atomic E-state index is 12.1. The van der Waals surface area contributed by atoms with Crippen LogP contribution in [0.25, 0.3) is 0 Å². The number of hydrogen-bond donors (Lipinski definition) is 2. The molecule has 0 radical (unpaired) electrons. The molecule has 2 amide bonds. The van der Waals surface area contributed by atoms with E-state index in [9.17, 15) is 32.9 Å². The van der Waals surface area contributed by atoms with E-state index in [1.807, 2.05) is 0 Å². The van der Waals surface area contributed by atoms with Gasteiger partial charge in [-0.1, -0.05) is 18.2 Å². The lowest BCUT2D eigenvalue weighted by Crippen LogP contribution is -2.33. The van der Waals surface area contributed by atoms with Crippen molar-refractivity contribution in [1.29, 1.82) is 0 Å². The van der Waals surface area contributed by atoms with Gasteiger partial charge in [0.1, 0.15) is 6.54 Å². The lowest BCUT2D eigenvalue weighted by molar-refractivity contribution is -0.385. The standard InChI is InChI=1S/C17H14F3N3O4/c18-17(19,20)10-21-16(25)11-5-7-13(8-6-11)22-15(24)9-12-3-1-2-4-14(12)23(26)27/h1-8H,9-10H2,(H,21,25)(H,22,24). The van der Waals surface area contributed by atoms with E-state index in [1.165, 1.54) is 42.5 Å². The Balaban J connectivity index is 1.97. The minimum absolute atomic E-state index is 0.00375. The Morgan fingerprint density at radius 3 is 2.26 bits per heavy atom. The highest BCUT2D eigenvalue weighted by Gasteiger charge is 2.27. The van der Waals surface area contributed by atoms with E-state index < -0.39 is 29.5 Å². The molecule has 142 valence electrons. The van der Waals surface area contributed by atoms with Gasteiger partial charge in [0.2, 0.25) is 5.91 Å². The van der Waals surface area contributed by atoms with Gasteiger partial charge in [0.15, 0.2) is 0 Å². The minimum Gasteiger partial charge on any atom is -0.343 e. The lowest BCUT2D eigenvalue weighted by Gasteiger charge is -2.09. The highest BCUT2D eigenvalue weighted by atomic mass is 19.4. The van der Waals surface area contributed by atoms with Crippen molar-refractivity contribution >= 4 is 23.2 Å². The Labute approximate surface area is 151 Å². The second-order valence-corrected chi connectivity index (χ2v) is 5.49. The van der Waals surface area contributed by atoms with Crippen molar-refractivity contribution < 1.29 is 27.7 Å². The normalized spacial score (nSPS) is 10.9. The number of nitrogens with one attached hydrogen (secondary N) is 2. The maximum Gasteiger partial charge on any atom is 0.405 e. The average molecular weight is 381 g/mol. The number of nitro benzene ring substituents is 1. The van der Waals surface area contributed by atoms with Gasteiger partial charge < -0.3 is 10.6 Å². The molecule has 27 heavy (non-hydrogen) atoms. The smallest absolute Gasteiger partial charge is 0.343 e. The summed E-state index contributed by atoms with van der Waals surface area (Å²) in [7, 11) is 0. The van der Waals surface area contributed by atoms with E-state index in [1.54, 1.807) is 11.4 Å². The van der Waals surface area contributed by atoms with E-state index in [4.69, 9.17) is 0 Å². The van der Waals surface area contributed by atoms with Crippen molar-refractivity contribution in [2.75, 3.05) is 11.9 Å². The van der Waals surface area contributed by atoms with Crippen LogP contribution in [0.1, 0.15) is 15.9 Å². The zero-order valence-electron chi connectivity index (χ0n) is 13.7. The molecular weight excluding hydrogens is 367 g/mol. The number of benzene rings is 2. The molecular formula is C17H14F3N3O4. The number of hydrogen-bond acceptors (Lipinski definition) is 4. The number of amides is 2. The van der Waals surface area contributed by atoms with Crippen LogP contribution in [0.4, 0.5) is 24.5 Å². The summed E-state index contributed by atoms with van der Waals surface area (Å²) in [5.74, 6) is -1.41. The Hall–Kier alpha value is -3.43. The van der Waals surface area contributed by atoms with Crippen LogP contribution in [0.15, 0.2) is 48.5 Å². The van der Waals surface area contributed by atoms with E-state index >= 15 is 0 Å². The van der Waals surface area contributed by atoms with Gasteiger partial charge in [-0.2, -0.15) is 13.2 Å². The van der Waals surface area contributed by atoms with Crippen molar-refractivity contribution in [3.63, 3.8) is 0 Å². The number of nitro groups is 1. The second kappa shape index (κ2) is 8.30. The molecule has 0 unspecified atom stereocenters. The van der Waals surface area contributed by atoms with E-state index in [-0.39, 0.29) is 23.2 Å². The van der Waals surface area contributed by atoms with Crippen LogP contribution in [-0.4, -0.2) is 29.5 Å². The largest absolute Gasteiger partial charge is 0.405 e. The second-order valence-electron chi connectivity index (χ2n) is 5.49. The molecule has 0 saturated carbocycles. The third kappa shape index (κ3) is 6.10. The van der Waals surface area contributed by atoms with Crippen LogP contribution in [0.3, 0.4) is 0 Å². The summed E-state index contributed by atoms with van der Waals surface area (Å²) in [4.78, 5) is 34.0. The molecule has 2 aromatic rings. The monoisotopic (exact) mass is 381 g/mol. The average Bonchev–Trinajstić information content (AvgIpc) is 2.60. The van der Waals surface area contributed by atoms with Crippen molar-refractivity contribution in [3.8, 4) is 0 Å². The topological polar surface area (TPSA) is 101 Å². The molecule has 2 rings (SSSR count). The quantitative estimate of drug-likeness (QED) is 0.593. The fourth-order valence-corrected chi connectivity index (χ4v) is 2.20. The summed E-state index contributed by atoms with van der Waals surface area (Å²) in [6.07, 6.45) is -4.74. The lowest BCUT2D eigenvalue weighted by atomic mass is 10.1. The molecule has 2 aromatic carbocycles. The van der Waals surface area contributed by atoms with Crippen LogP contribution in [-0.2, 0) is 11.2 Å². The molecule has 0 bridgehead atoms. The number of rotatable bonds is 6. The molecule has 0 aliphatic heterocycles. The molecule has 0 aromatic heterocycles. The fraction of sp³-hybridized carbons (Fsp3) is 0.176. The predicted molar refractivity (Wildman–Crippen MR) is 90.3 cm³/mol. The third-order valence-corrected chi connectivity index (χ3v) is 3.42. The van der Waals surface area contributed by atoms with Gasteiger partial charge in [0.25, 0.3) is 11.6 Å². The van der Waals surface area contributed by atoms with Crippen molar-refractivity contribution in [2.45, 2.75) is 12.6 Å². The molecule has 0 heterocycles. The Morgan fingerprint density at radius 2 is 1.67 bits per heavy atom.